The van der Waals surface area contributed by atoms with Crippen LogP contribution >= 0.6 is 0 Å². The minimum atomic E-state index is 0.213. The van der Waals surface area contributed by atoms with Crippen LogP contribution in [0.15, 0.2) is 6.07 Å². The van der Waals surface area contributed by atoms with Gasteiger partial charge in [0.1, 0.15) is 18.2 Å². The molecule has 0 saturated heterocycles. The summed E-state index contributed by atoms with van der Waals surface area (Å²) in [7, 11) is 1.63. The number of aromatic nitrogens is 2. The van der Waals surface area contributed by atoms with Crippen LogP contribution in [0.5, 0.6) is 0 Å². The van der Waals surface area contributed by atoms with Crippen LogP contribution in [-0.4, -0.2) is 41.9 Å². The van der Waals surface area contributed by atoms with Crippen LogP contribution in [-0.2, 0) is 11.3 Å². The van der Waals surface area contributed by atoms with Gasteiger partial charge < -0.3 is 20.5 Å². The maximum Gasteiger partial charge on any atom is 0.158 e. The van der Waals surface area contributed by atoms with E-state index in [9.17, 15) is 0 Å². The van der Waals surface area contributed by atoms with Gasteiger partial charge in [-0.25, -0.2) is 9.97 Å². The fourth-order valence-electron chi connectivity index (χ4n) is 1.73. The highest BCUT2D eigenvalue weighted by Gasteiger charge is 2.06. The lowest BCUT2D eigenvalue weighted by atomic mass is 10.1. The van der Waals surface area contributed by atoms with Crippen LogP contribution in [0.2, 0.25) is 0 Å². The summed E-state index contributed by atoms with van der Waals surface area (Å²) in [6, 6.07) is 1.90. The minimum absolute atomic E-state index is 0.213. The number of aliphatic hydroxyl groups excluding tert-OH is 1. The van der Waals surface area contributed by atoms with Gasteiger partial charge in [0.15, 0.2) is 5.82 Å². The van der Waals surface area contributed by atoms with E-state index in [1.807, 2.05) is 6.07 Å². The van der Waals surface area contributed by atoms with Crippen molar-refractivity contribution in [2.24, 2.45) is 5.92 Å². The Morgan fingerprint density at radius 2 is 2.00 bits per heavy atom. The van der Waals surface area contributed by atoms with Crippen LogP contribution < -0.4 is 10.6 Å². The Morgan fingerprint density at radius 3 is 2.60 bits per heavy atom. The van der Waals surface area contributed by atoms with Crippen LogP contribution in [0.25, 0.3) is 0 Å². The van der Waals surface area contributed by atoms with Crippen LogP contribution in [0.3, 0.4) is 0 Å². The smallest absolute Gasteiger partial charge is 0.158 e. The molecule has 0 fully saturated rings. The maximum atomic E-state index is 8.91. The number of nitrogens with one attached hydrogen (secondary N) is 2. The molecule has 0 aliphatic rings. The molecule has 3 N–H and O–H groups in total. The molecule has 0 saturated carbocycles. The van der Waals surface area contributed by atoms with Gasteiger partial charge in [-0.3, -0.25) is 0 Å². The predicted molar refractivity (Wildman–Crippen MR) is 80.9 cm³/mol. The lowest BCUT2D eigenvalue weighted by molar-refractivity contribution is 0.178. The van der Waals surface area contributed by atoms with Gasteiger partial charge in [-0.15, -0.1) is 0 Å². The molecule has 1 atom stereocenters. The van der Waals surface area contributed by atoms with Crippen molar-refractivity contribution in [1.29, 1.82) is 0 Å². The van der Waals surface area contributed by atoms with Gasteiger partial charge in [0.2, 0.25) is 0 Å². The average Bonchev–Trinajstić information content (AvgIpc) is 2.43. The van der Waals surface area contributed by atoms with Gasteiger partial charge in [-0.05, 0) is 18.8 Å². The van der Waals surface area contributed by atoms with Crippen LogP contribution in [0.1, 0.15) is 32.5 Å². The summed E-state index contributed by atoms with van der Waals surface area (Å²) >= 11 is 0. The molecular weight excluding hydrogens is 256 g/mol. The maximum absolute atomic E-state index is 8.91. The van der Waals surface area contributed by atoms with E-state index in [-0.39, 0.29) is 6.61 Å². The molecule has 0 amide bonds. The first-order valence-corrected chi connectivity index (χ1v) is 7.15. The molecule has 20 heavy (non-hydrogen) atoms. The Kier molecular flexibility index (Phi) is 7.91. The molecule has 6 nitrogen and oxygen atoms in total. The van der Waals surface area contributed by atoms with Crippen LogP contribution in [0.4, 0.5) is 11.6 Å². The number of anilines is 2. The molecule has 0 aliphatic carbocycles. The molecular formula is C14H26N4O2. The molecule has 114 valence electrons. The van der Waals surface area contributed by atoms with Gasteiger partial charge in [-0.1, -0.05) is 13.8 Å². The zero-order chi connectivity index (χ0) is 14.8. The van der Waals surface area contributed by atoms with Crippen molar-refractivity contribution in [3.63, 3.8) is 0 Å². The fraction of sp³-hybridized carbons (Fsp3) is 0.714. The van der Waals surface area contributed by atoms with Crippen molar-refractivity contribution in [3.8, 4) is 0 Å². The first-order chi connectivity index (χ1) is 9.69. The van der Waals surface area contributed by atoms with Gasteiger partial charge >= 0.3 is 0 Å². The molecule has 6 heteroatoms. The fourth-order valence-corrected chi connectivity index (χ4v) is 1.73. The Bertz CT molecular complexity index is 387. The number of hydrogen-bond acceptors (Lipinski definition) is 6. The van der Waals surface area contributed by atoms with Gasteiger partial charge in [0.25, 0.3) is 0 Å². The van der Waals surface area contributed by atoms with E-state index < -0.39 is 0 Å². The number of ether oxygens (including phenoxy) is 1. The molecule has 0 spiro atoms. The second-order valence-corrected chi connectivity index (χ2v) is 4.91. The monoisotopic (exact) mass is 282 g/mol. The van der Waals surface area contributed by atoms with Crippen molar-refractivity contribution in [3.05, 3.63) is 11.9 Å². The van der Waals surface area contributed by atoms with Crippen molar-refractivity contribution >= 4 is 11.6 Å². The highest BCUT2D eigenvalue weighted by Crippen LogP contribution is 2.13. The lowest BCUT2D eigenvalue weighted by Crippen LogP contribution is -2.15. The summed E-state index contributed by atoms with van der Waals surface area (Å²) in [6.07, 6.45) is 1.82. The molecule has 1 rings (SSSR count). The highest BCUT2D eigenvalue weighted by molar-refractivity contribution is 5.47. The number of methoxy groups -OCH3 is 1. The first-order valence-electron chi connectivity index (χ1n) is 7.15. The highest BCUT2D eigenvalue weighted by atomic mass is 16.5. The molecule has 1 unspecified atom stereocenters. The topological polar surface area (TPSA) is 79.3 Å². The molecule has 0 aromatic carbocycles. The summed E-state index contributed by atoms with van der Waals surface area (Å²) in [5, 5.41) is 15.5. The summed E-state index contributed by atoms with van der Waals surface area (Å²) in [6.45, 7) is 6.46. The summed E-state index contributed by atoms with van der Waals surface area (Å²) < 4.78 is 5.09. The SMILES string of the molecule is CCCNc1cc(NCC(C)CCO)nc(COC)n1. The van der Waals surface area contributed by atoms with Crippen molar-refractivity contribution in [1.82, 2.24) is 9.97 Å². The Morgan fingerprint density at radius 1 is 1.30 bits per heavy atom. The van der Waals surface area contributed by atoms with Crippen LogP contribution in [0, 0.1) is 5.92 Å². The van der Waals surface area contributed by atoms with Crippen molar-refractivity contribution in [2.75, 3.05) is 37.4 Å². The lowest BCUT2D eigenvalue weighted by Gasteiger charge is -2.14. The van der Waals surface area contributed by atoms with Gasteiger partial charge in [0.05, 0.1) is 0 Å². The number of aliphatic hydroxyl groups is 1. The quantitative estimate of drug-likeness (QED) is 0.608. The molecule has 0 radical (unpaired) electrons. The van der Waals surface area contributed by atoms with Crippen molar-refractivity contribution < 1.29 is 9.84 Å². The Labute approximate surface area is 121 Å². The molecule has 1 aromatic heterocycles. The Hall–Kier alpha value is -1.40. The van der Waals surface area contributed by atoms with Gasteiger partial charge in [0, 0.05) is 32.9 Å². The third-order valence-corrected chi connectivity index (χ3v) is 2.86. The number of rotatable bonds is 10. The van der Waals surface area contributed by atoms with E-state index in [2.05, 4.69) is 34.4 Å². The molecule has 1 aromatic rings. The van der Waals surface area contributed by atoms with E-state index in [0.29, 0.717) is 18.3 Å². The summed E-state index contributed by atoms with van der Waals surface area (Å²) in [5.41, 5.74) is 0. The second kappa shape index (κ2) is 9.50. The summed E-state index contributed by atoms with van der Waals surface area (Å²) in [4.78, 5) is 8.81. The zero-order valence-corrected chi connectivity index (χ0v) is 12.6. The normalized spacial score (nSPS) is 12.2. The van der Waals surface area contributed by atoms with E-state index in [4.69, 9.17) is 9.84 Å². The van der Waals surface area contributed by atoms with E-state index >= 15 is 0 Å². The molecule has 0 aliphatic heterocycles. The number of hydrogen-bond donors (Lipinski definition) is 3. The Balaban J connectivity index is 2.69. The largest absolute Gasteiger partial charge is 0.396 e. The number of nitrogens with zero attached hydrogens (tertiary/aromatic N) is 2. The van der Waals surface area contributed by atoms with E-state index in [0.717, 1.165) is 37.6 Å². The third kappa shape index (κ3) is 6.16. The zero-order valence-electron chi connectivity index (χ0n) is 12.6. The van der Waals surface area contributed by atoms with E-state index in [1.54, 1.807) is 7.11 Å². The molecule has 1 heterocycles. The van der Waals surface area contributed by atoms with Gasteiger partial charge in [-0.2, -0.15) is 0 Å². The first kappa shape index (κ1) is 16.7. The minimum Gasteiger partial charge on any atom is -0.396 e. The second-order valence-electron chi connectivity index (χ2n) is 4.91. The third-order valence-electron chi connectivity index (χ3n) is 2.86. The average molecular weight is 282 g/mol. The molecule has 0 bridgehead atoms. The van der Waals surface area contributed by atoms with Crippen molar-refractivity contribution in [2.45, 2.75) is 33.3 Å². The van der Waals surface area contributed by atoms with E-state index in [1.165, 1.54) is 0 Å². The predicted octanol–water partition coefficient (Wildman–Crippen LogP) is 1.88. The summed E-state index contributed by atoms with van der Waals surface area (Å²) in [5.74, 6) is 2.65. The standard InChI is InChI=1S/C14H26N4O2/c1-4-6-15-12-8-13(16-9-11(2)5-7-19)18-14(17-12)10-20-3/h8,11,19H,4-7,9-10H2,1-3H3,(H2,15,16,17,18).